The summed E-state index contributed by atoms with van der Waals surface area (Å²) in [6.07, 6.45) is -2.39. The van der Waals surface area contributed by atoms with Gasteiger partial charge in [0.1, 0.15) is 23.5 Å². The van der Waals surface area contributed by atoms with Crippen molar-refractivity contribution in [3.63, 3.8) is 0 Å². The zero-order valence-corrected chi connectivity index (χ0v) is 19.4. The van der Waals surface area contributed by atoms with E-state index in [-0.39, 0.29) is 59.7 Å². The molecule has 2 atom stereocenters. The van der Waals surface area contributed by atoms with Gasteiger partial charge in [-0.1, -0.05) is 0 Å². The highest BCUT2D eigenvalue weighted by Gasteiger charge is 2.41. The number of likely N-dealkylation sites (tertiary alicyclic amines) is 1. The standard InChI is InChI=1S/C23H23F4N7O2/c1-12(35)20(36)34-5-3-22(24,4-6-34)13(2)32-21-31-9-14(8-28)18(33-21)17-11-30-19-16(17)7-15(10-29-19)23(25,26)27/h7,9-13,35H,3-6H2,1-2H3,(H,29,30)(H,31,32,33)/t12-,13?/m1/s1. The molecule has 3 N–H and O–H groups in total. The first-order chi connectivity index (χ1) is 16.9. The topological polar surface area (TPSA) is 131 Å². The summed E-state index contributed by atoms with van der Waals surface area (Å²) in [5, 5.41) is 22.0. The summed E-state index contributed by atoms with van der Waals surface area (Å²) in [4.78, 5) is 28.4. The summed E-state index contributed by atoms with van der Waals surface area (Å²) in [5.74, 6) is -0.468. The highest BCUT2D eigenvalue weighted by molar-refractivity contribution is 5.94. The molecule has 1 unspecified atom stereocenters. The molecule has 1 aliphatic heterocycles. The Morgan fingerprint density at radius 1 is 1.28 bits per heavy atom. The van der Waals surface area contributed by atoms with E-state index in [2.05, 4.69) is 25.3 Å². The van der Waals surface area contributed by atoms with Crippen LogP contribution in [-0.2, 0) is 11.0 Å². The number of hydrogen-bond acceptors (Lipinski definition) is 7. The van der Waals surface area contributed by atoms with Crippen LogP contribution in [0.2, 0.25) is 0 Å². The van der Waals surface area contributed by atoms with E-state index in [0.29, 0.717) is 6.20 Å². The first kappa shape index (κ1) is 25.3. The molecule has 3 aromatic heterocycles. The Hall–Kier alpha value is -3.79. The maximum atomic E-state index is 15.7. The van der Waals surface area contributed by atoms with Crippen molar-refractivity contribution in [3.05, 3.63) is 35.8 Å². The summed E-state index contributed by atoms with van der Waals surface area (Å²) < 4.78 is 55.3. The first-order valence-electron chi connectivity index (χ1n) is 11.2. The van der Waals surface area contributed by atoms with Gasteiger partial charge in [0.25, 0.3) is 5.91 Å². The predicted molar refractivity (Wildman–Crippen MR) is 121 cm³/mol. The summed E-state index contributed by atoms with van der Waals surface area (Å²) in [7, 11) is 0. The number of piperidine rings is 1. The van der Waals surface area contributed by atoms with E-state index in [0.717, 1.165) is 6.07 Å². The lowest BCUT2D eigenvalue weighted by Crippen LogP contribution is -2.53. The minimum absolute atomic E-state index is 0.00898. The molecule has 0 aromatic carbocycles. The van der Waals surface area contributed by atoms with Crippen LogP contribution in [0.3, 0.4) is 0 Å². The molecule has 0 saturated carbocycles. The number of halogens is 4. The van der Waals surface area contributed by atoms with Crippen molar-refractivity contribution in [1.82, 2.24) is 24.8 Å². The summed E-state index contributed by atoms with van der Waals surface area (Å²) in [6.45, 7) is 3.22. The fraction of sp³-hybridized carbons (Fsp3) is 0.435. The number of aromatic amines is 1. The summed E-state index contributed by atoms with van der Waals surface area (Å²) in [5.41, 5.74) is -2.16. The highest BCUT2D eigenvalue weighted by Crippen LogP contribution is 2.35. The van der Waals surface area contributed by atoms with Gasteiger partial charge in [-0.2, -0.15) is 18.4 Å². The van der Waals surface area contributed by atoms with Crippen molar-refractivity contribution >= 4 is 22.9 Å². The lowest BCUT2D eigenvalue weighted by atomic mass is 9.86. The van der Waals surface area contributed by atoms with Crippen LogP contribution >= 0.6 is 0 Å². The zero-order chi connectivity index (χ0) is 26.3. The molecule has 4 rings (SSSR count). The Bertz CT molecular complexity index is 1320. The molecule has 1 saturated heterocycles. The number of nitrogens with one attached hydrogen (secondary N) is 2. The SMILES string of the molecule is CC(Nc1ncc(C#N)c(-c2c[nH]c3ncc(C(F)(F)F)cc23)n1)C1(F)CCN(C(=O)[C@@H](C)O)CC1. The average molecular weight is 505 g/mol. The number of aliphatic hydroxyl groups excluding tert-OH is 1. The van der Waals surface area contributed by atoms with Crippen molar-refractivity contribution in [2.45, 2.75) is 50.7 Å². The minimum Gasteiger partial charge on any atom is -0.384 e. The Labute approximate surface area is 203 Å². The molecule has 13 heteroatoms. The van der Waals surface area contributed by atoms with Crippen molar-refractivity contribution in [2.24, 2.45) is 0 Å². The Morgan fingerprint density at radius 2 is 1.97 bits per heavy atom. The van der Waals surface area contributed by atoms with Gasteiger partial charge >= 0.3 is 6.18 Å². The van der Waals surface area contributed by atoms with Crippen molar-refractivity contribution in [1.29, 1.82) is 5.26 Å². The molecule has 0 spiro atoms. The number of aromatic nitrogens is 4. The number of nitriles is 1. The second kappa shape index (κ2) is 9.34. The van der Waals surface area contributed by atoms with Gasteiger partial charge in [-0.05, 0) is 19.9 Å². The number of carbonyl (C=O) groups is 1. The molecule has 1 aliphatic rings. The third-order valence-electron chi connectivity index (χ3n) is 6.41. The number of anilines is 1. The number of fused-ring (bicyclic) bond motifs is 1. The van der Waals surface area contributed by atoms with Crippen LogP contribution in [0.5, 0.6) is 0 Å². The minimum atomic E-state index is -4.60. The molecule has 0 radical (unpaired) electrons. The number of hydrogen-bond donors (Lipinski definition) is 3. The molecular formula is C23H23F4N7O2. The van der Waals surface area contributed by atoms with Crippen LogP contribution in [0.4, 0.5) is 23.5 Å². The van der Waals surface area contributed by atoms with E-state index in [4.69, 9.17) is 0 Å². The quantitative estimate of drug-likeness (QED) is 0.453. The maximum Gasteiger partial charge on any atom is 0.417 e. The monoisotopic (exact) mass is 505 g/mol. The number of alkyl halides is 4. The Morgan fingerprint density at radius 3 is 2.58 bits per heavy atom. The molecule has 9 nitrogen and oxygen atoms in total. The molecule has 3 aromatic rings. The predicted octanol–water partition coefficient (Wildman–Crippen LogP) is 3.42. The molecule has 1 amide bonds. The van der Waals surface area contributed by atoms with E-state index >= 15 is 4.39 Å². The van der Waals surface area contributed by atoms with E-state index in [1.54, 1.807) is 6.92 Å². The molecule has 36 heavy (non-hydrogen) atoms. The van der Waals surface area contributed by atoms with Gasteiger partial charge < -0.3 is 20.3 Å². The van der Waals surface area contributed by atoms with Crippen molar-refractivity contribution in [2.75, 3.05) is 18.4 Å². The second-order valence-corrected chi connectivity index (χ2v) is 8.79. The summed E-state index contributed by atoms with van der Waals surface area (Å²) in [6, 6.07) is 2.06. The highest BCUT2D eigenvalue weighted by atomic mass is 19.4. The maximum absolute atomic E-state index is 15.7. The fourth-order valence-corrected chi connectivity index (χ4v) is 4.21. The number of aliphatic hydroxyl groups is 1. The van der Waals surface area contributed by atoms with Crippen LogP contribution in [0.15, 0.2) is 24.7 Å². The van der Waals surface area contributed by atoms with Gasteiger partial charge in [0.05, 0.1) is 29.1 Å². The average Bonchev–Trinajstić information content (AvgIpc) is 3.26. The van der Waals surface area contributed by atoms with Crippen LogP contribution in [-0.4, -0.2) is 66.8 Å². The Balaban J connectivity index is 1.60. The van der Waals surface area contributed by atoms with Gasteiger partial charge in [0, 0.05) is 49.3 Å². The van der Waals surface area contributed by atoms with Crippen LogP contribution in [0, 0.1) is 11.3 Å². The van der Waals surface area contributed by atoms with Crippen molar-refractivity contribution < 1.29 is 27.5 Å². The van der Waals surface area contributed by atoms with Gasteiger partial charge in [-0.15, -0.1) is 0 Å². The normalized spacial score (nSPS) is 17.4. The Kier molecular flexibility index (Phi) is 6.57. The number of H-pyrrole nitrogens is 1. The number of amides is 1. The molecule has 1 fully saturated rings. The van der Waals surface area contributed by atoms with Gasteiger partial charge in [-0.3, -0.25) is 4.79 Å². The van der Waals surface area contributed by atoms with Gasteiger partial charge in [-0.25, -0.2) is 19.3 Å². The molecule has 0 aliphatic carbocycles. The second-order valence-electron chi connectivity index (χ2n) is 8.79. The van der Waals surface area contributed by atoms with E-state index in [1.165, 1.54) is 24.2 Å². The third-order valence-corrected chi connectivity index (χ3v) is 6.41. The lowest BCUT2D eigenvalue weighted by molar-refractivity contribution is -0.142. The van der Waals surface area contributed by atoms with Gasteiger partial charge in [0.15, 0.2) is 0 Å². The molecule has 0 bridgehead atoms. The lowest BCUT2D eigenvalue weighted by Gasteiger charge is -2.40. The number of carbonyl (C=O) groups excluding carboxylic acids is 1. The van der Waals surface area contributed by atoms with Crippen LogP contribution in [0.1, 0.15) is 37.8 Å². The third kappa shape index (κ3) is 4.81. The van der Waals surface area contributed by atoms with E-state index in [1.807, 2.05) is 6.07 Å². The smallest absolute Gasteiger partial charge is 0.384 e. The number of rotatable bonds is 5. The van der Waals surface area contributed by atoms with Crippen molar-refractivity contribution in [3.8, 4) is 17.3 Å². The number of pyridine rings is 1. The molecule has 4 heterocycles. The summed E-state index contributed by atoms with van der Waals surface area (Å²) >= 11 is 0. The molecular weight excluding hydrogens is 482 g/mol. The van der Waals surface area contributed by atoms with E-state index in [9.17, 15) is 28.3 Å². The van der Waals surface area contributed by atoms with E-state index < -0.39 is 35.5 Å². The van der Waals surface area contributed by atoms with Crippen LogP contribution in [0.25, 0.3) is 22.3 Å². The fourth-order valence-electron chi connectivity index (χ4n) is 4.21. The largest absolute Gasteiger partial charge is 0.417 e. The molecule has 190 valence electrons. The van der Waals surface area contributed by atoms with Crippen LogP contribution < -0.4 is 5.32 Å². The first-order valence-corrected chi connectivity index (χ1v) is 11.2. The zero-order valence-electron chi connectivity index (χ0n) is 19.4. The van der Waals surface area contributed by atoms with Gasteiger partial charge in [0.2, 0.25) is 5.95 Å². The number of nitrogens with zero attached hydrogens (tertiary/aromatic N) is 5.